The first kappa shape index (κ1) is 11.6. The van der Waals surface area contributed by atoms with Crippen molar-refractivity contribution in [3.8, 4) is 0 Å². The number of fused-ring (bicyclic) bond motifs is 5. The van der Waals surface area contributed by atoms with Gasteiger partial charge in [0.15, 0.2) is 0 Å². The molecule has 0 fully saturated rings. The Morgan fingerprint density at radius 2 is 1.10 bits per heavy atom. The second kappa shape index (κ2) is 4.14. The summed E-state index contributed by atoms with van der Waals surface area (Å²) in [4.78, 5) is 0. The van der Waals surface area contributed by atoms with Gasteiger partial charge in [-0.25, -0.2) is 0 Å². The molecule has 0 aromatic heterocycles. The van der Waals surface area contributed by atoms with Crippen LogP contribution in [-0.2, 0) is 0 Å². The summed E-state index contributed by atoms with van der Waals surface area (Å²) in [7, 11) is 12.0. The van der Waals surface area contributed by atoms with Gasteiger partial charge in [-0.15, -0.1) is 5.46 Å². The highest BCUT2D eigenvalue weighted by Crippen LogP contribution is 2.30. The Morgan fingerprint density at radius 3 is 2.00 bits per heavy atom. The van der Waals surface area contributed by atoms with Gasteiger partial charge in [0, 0.05) is 0 Å². The number of hydrogen-bond donors (Lipinski definition) is 0. The molecule has 20 heavy (non-hydrogen) atoms. The summed E-state index contributed by atoms with van der Waals surface area (Å²) in [6.07, 6.45) is 0. The lowest BCUT2D eigenvalue weighted by atomic mass is 9.77. The van der Waals surface area contributed by atoms with Gasteiger partial charge in [-0.1, -0.05) is 66.1 Å². The van der Waals surface area contributed by atoms with Gasteiger partial charge in [0.1, 0.15) is 15.7 Å². The Labute approximate surface area is 120 Å². The summed E-state index contributed by atoms with van der Waals surface area (Å²) in [6, 6.07) is 20.9. The monoisotopic (exact) mass is 248 g/mol. The van der Waals surface area contributed by atoms with Gasteiger partial charge in [0.25, 0.3) is 0 Å². The van der Waals surface area contributed by atoms with Crippen LogP contribution in [0, 0.1) is 0 Å². The molecule has 88 valence electrons. The van der Waals surface area contributed by atoms with Gasteiger partial charge >= 0.3 is 0 Å². The predicted molar refractivity (Wildman–Crippen MR) is 89.7 cm³/mol. The molecule has 4 rings (SSSR count). The molecule has 2 heteroatoms. The van der Waals surface area contributed by atoms with E-state index in [0.29, 0.717) is 10.9 Å². The topological polar surface area (TPSA) is 0 Å². The molecular weight excluding hydrogens is 238 g/mol. The fourth-order valence-corrected chi connectivity index (χ4v) is 2.94. The van der Waals surface area contributed by atoms with Crippen LogP contribution in [0.25, 0.3) is 32.3 Å². The lowest BCUT2D eigenvalue weighted by Gasteiger charge is -2.11. The average Bonchev–Trinajstić information content (AvgIpc) is 2.50. The molecule has 0 nitrogen and oxygen atoms in total. The Kier molecular flexibility index (Phi) is 2.40. The van der Waals surface area contributed by atoms with E-state index in [-0.39, 0.29) is 0 Å². The lowest BCUT2D eigenvalue weighted by molar-refractivity contribution is 1.79. The van der Waals surface area contributed by atoms with Gasteiger partial charge in [-0.05, 0) is 32.3 Å². The number of hydrogen-bond acceptors (Lipinski definition) is 0. The average molecular weight is 248 g/mol. The summed E-state index contributed by atoms with van der Waals surface area (Å²) in [5, 5.41) is 7.16. The van der Waals surface area contributed by atoms with Crippen LogP contribution in [0.3, 0.4) is 0 Å². The van der Waals surface area contributed by atoms with E-state index < -0.39 is 0 Å². The van der Waals surface area contributed by atoms with E-state index in [9.17, 15) is 0 Å². The highest BCUT2D eigenvalue weighted by molar-refractivity contribution is 6.53. The Hall–Kier alpha value is -2.21. The first-order valence-corrected chi connectivity index (χ1v) is 6.64. The molecule has 0 heterocycles. The smallest absolute Gasteiger partial charge is 0.103 e. The van der Waals surface area contributed by atoms with Crippen LogP contribution < -0.4 is 10.9 Å². The second-order valence-electron chi connectivity index (χ2n) is 5.11. The van der Waals surface area contributed by atoms with Crippen molar-refractivity contribution >= 4 is 58.9 Å². The minimum Gasteiger partial charge on any atom is -0.103 e. The summed E-state index contributed by atoms with van der Waals surface area (Å²) >= 11 is 0. The molecule has 0 N–H and O–H groups in total. The van der Waals surface area contributed by atoms with E-state index in [1.54, 1.807) is 0 Å². The number of benzene rings is 4. The molecule has 0 amide bonds. The fraction of sp³-hybridized carbons (Fsp3) is 0. The van der Waals surface area contributed by atoms with E-state index in [1.165, 1.54) is 21.5 Å². The minimum absolute atomic E-state index is 0.637. The second-order valence-corrected chi connectivity index (χ2v) is 5.11. The van der Waals surface area contributed by atoms with Crippen LogP contribution in [-0.4, -0.2) is 15.7 Å². The number of rotatable bonds is 0. The third-order valence-corrected chi connectivity index (χ3v) is 4.00. The van der Waals surface area contributed by atoms with Gasteiger partial charge < -0.3 is 0 Å². The molecule has 0 saturated heterocycles. The SMILES string of the molecule is [B]c1ccc2c(ccc3c4ccccc4ccc23)c1[B]. The van der Waals surface area contributed by atoms with Crippen LogP contribution in [0.2, 0.25) is 0 Å². The third kappa shape index (κ3) is 1.51. The van der Waals surface area contributed by atoms with E-state index in [1.807, 2.05) is 6.07 Å². The van der Waals surface area contributed by atoms with Crippen LogP contribution in [0.4, 0.5) is 0 Å². The molecule has 0 bridgehead atoms. The highest BCUT2D eigenvalue weighted by atomic mass is 14.1. The van der Waals surface area contributed by atoms with Crippen molar-refractivity contribution in [3.05, 3.63) is 60.7 Å². The molecule has 0 aliphatic carbocycles. The molecule has 0 spiro atoms. The molecule has 0 atom stereocenters. The molecule has 4 radical (unpaired) electrons. The Balaban J connectivity index is 2.26. The van der Waals surface area contributed by atoms with Gasteiger partial charge in [0.05, 0.1) is 0 Å². The van der Waals surface area contributed by atoms with Crippen molar-refractivity contribution in [1.82, 2.24) is 0 Å². The van der Waals surface area contributed by atoms with E-state index in [0.717, 1.165) is 10.8 Å². The zero-order valence-electron chi connectivity index (χ0n) is 10.9. The largest absolute Gasteiger partial charge is 0.113 e. The van der Waals surface area contributed by atoms with Gasteiger partial charge in [-0.2, -0.15) is 0 Å². The fourth-order valence-electron chi connectivity index (χ4n) is 2.94. The molecule has 0 saturated carbocycles. The summed E-state index contributed by atoms with van der Waals surface area (Å²) in [5.41, 5.74) is 1.30. The van der Waals surface area contributed by atoms with E-state index in [4.69, 9.17) is 15.7 Å². The first-order valence-electron chi connectivity index (χ1n) is 6.64. The zero-order chi connectivity index (χ0) is 13.7. The molecular formula is C18H10B2. The summed E-state index contributed by atoms with van der Waals surface area (Å²) in [6.45, 7) is 0. The van der Waals surface area contributed by atoms with Crippen LogP contribution in [0.5, 0.6) is 0 Å². The Morgan fingerprint density at radius 1 is 0.500 bits per heavy atom. The summed E-state index contributed by atoms with van der Waals surface area (Å²) in [5.74, 6) is 0. The van der Waals surface area contributed by atoms with Crippen LogP contribution in [0.15, 0.2) is 60.7 Å². The Bertz CT molecular complexity index is 971. The predicted octanol–water partition coefficient (Wildman–Crippen LogP) is 2.73. The van der Waals surface area contributed by atoms with Crippen LogP contribution in [0.1, 0.15) is 0 Å². The maximum Gasteiger partial charge on any atom is 0.113 e. The normalized spacial score (nSPS) is 11.4. The molecule has 0 aliphatic rings. The van der Waals surface area contributed by atoms with Crippen molar-refractivity contribution in [2.45, 2.75) is 0 Å². The molecule has 0 unspecified atom stereocenters. The third-order valence-electron chi connectivity index (χ3n) is 4.00. The van der Waals surface area contributed by atoms with Crippen molar-refractivity contribution in [3.63, 3.8) is 0 Å². The summed E-state index contributed by atoms with van der Waals surface area (Å²) < 4.78 is 0. The molecule has 4 aromatic rings. The van der Waals surface area contributed by atoms with E-state index >= 15 is 0 Å². The highest BCUT2D eigenvalue weighted by Gasteiger charge is 2.06. The lowest BCUT2D eigenvalue weighted by Crippen LogP contribution is -2.25. The van der Waals surface area contributed by atoms with Crippen molar-refractivity contribution in [2.75, 3.05) is 0 Å². The maximum atomic E-state index is 6.10. The van der Waals surface area contributed by atoms with Crippen LogP contribution >= 0.6 is 0 Å². The molecule has 4 aromatic carbocycles. The van der Waals surface area contributed by atoms with Crippen molar-refractivity contribution in [1.29, 1.82) is 0 Å². The zero-order valence-corrected chi connectivity index (χ0v) is 10.9. The molecule has 0 aliphatic heterocycles. The van der Waals surface area contributed by atoms with Crippen molar-refractivity contribution in [2.24, 2.45) is 0 Å². The minimum atomic E-state index is 0.637. The standard InChI is InChI=1S/C18H10B2/c19-17-10-9-15-14-6-5-11-3-1-2-4-12(11)13(14)7-8-16(15)18(17)20/h1-10H. The van der Waals surface area contributed by atoms with E-state index in [2.05, 4.69) is 54.6 Å². The van der Waals surface area contributed by atoms with Gasteiger partial charge in [0.2, 0.25) is 0 Å². The van der Waals surface area contributed by atoms with Crippen molar-refractivity contribution < 1.29 is 0 Å². The maximum absolute atomic E-state index is 6.10. The first-order chi connectivity index (χ1) is 9.75. The van der Waals surface area contributed by atoms with Gasteiger partial charge in [-0.3, -0.25) is 0 Å². The quantitative estimate of drug-likeness (QED) is 0.331.